The Morgan fingerprint density at radius 1 is 1.38 bits per heavy atom. The van der Waals surface area contributed by atoms with Crippen LogP contribution < -0.4 is 10.0 Å². The van der Waals surface area contributed by atoms with E-state index in [9.17, 15) is 8.42 Å². The Kier molecular flexibility index (Phi) is 3.41. The van der Waals surface area contributed by atoms with Crippen molar-refractivity contribution in [3.05, 3.63) is 5.01 Å². The highest BCUT2D eigenvalue weighted by molar-refractivity contribution is 7.92. The van der Waals surface area contributed by atoms with E-state index in [1.165, 1.54) is 11.3 Å². The molecule has 0 spiro atoms. The van der Waals surface area contributed by atoms with Crippen LogP contribution in [0.15, 0.2) is 0 Å². The lowest BCUT2D eigenvalue weighted by Crippen LogP contribution is -2.26. The number of piperidine rings is 1. The van der Waals surface area contributed by atoms with Gasteiger partial charge in [-0.25, -0.2) is 8.42 Å². The van der Waals surface area contributed by atoms with Crippen LogP contribution in [0, 0.1) is 0 Å². The summed E-state index contributed by atoms with van der Waals surface area (Å²) in [5.74, 6) is 0.411. The number of nitrogens with zero attached hydrogens (tertiary/aromatic N) is 2. The summed E-state index contributed by atoms with van der Waals surface area (Å²) in [6.45, 7) is 1.97. The maximum atomic E-state index is 11.0. The smallest absolute Gasteiger partial charge is 0.231 e. The molecular formula is C8H14N4O2S2. The molecule has 2 heterocycles. The van der Waals surface area contributed by atoms with Crippen molar-refractivity contribution in [2.45, 2.75) is 18.8 Å². The number of hydrogen-bond acceptors (Lipinski definition) is 6. The summed E-state index contributed by atoms with van der Waals surface area (Å²) in [7, 11) is -3.25. The average Bonchev–Trinajstić information content (AvgIpc) is 2.65. The second-order valence-corrected chi connectivity index (χ2v) is 6.60. The summed E-state index contributed by atoms with van der Waals surface area (Å²) in [5.41, 5.74) is 0. The first-order valence-corrected chi connectivity index (χ1v) is 7.77. The van der Waals surface area contributed by atoms with E-state index >= 15 is 0 Å². The van der Waals surface area contributed by atoms with Gasteiger partial charge in [0, 0.05) is 5.92 Å². The highest BCUT2D eigenvalue weighted by Gasteiger charge is 2.20. The summed E-state index contributed by atoms with van der Waals surface area (Å²) in [5, 5.41) is 12.4. The van der Waals surface area contributed by atoms with Crippen molar-refractivity contribution in [1.29, 1.82) is 0 Å². The number of sulfonamides is 1. The van der Waals surface area contributed by atoms with Gasteiger partial charge >= 0.3 is 0 Å². The lowest BCUT2D eigenvalue weighted by Gasteiger charge is -2.19. The highest BCUT2D eigenvalue weighted by Crippen LogP contribution is 2.29. The number of hydrogen-bond donors (Lipinski definition) is 2. The predicted molar refractivity (Wildman–Crippen MR) is 63.2 cm³/mol. The first kappa shape index (κ1) is 11.7. The van der Waals surface area contributed by atoms with Crippen LogP contribution in [0.1, 0.15) is 23.8 Å². The fraction of sp³-hybridized carbons (Fsp3) is 0.750. The molecule has 2 N–H and O–H groups in total. The molecule has 0 amide bonds. The van der Waals surface area contributed by atoms with Gasteiger partial charge in [-0.1, -0.05) is 11.3 Å². The Balaban J connectivity index is 2.06. The molecule has 0 radical (unpaired) electrons. The maximum Gasteiger partial charge on any atom is 0.231 e. The SMILES string of the molecule is CS(=O)(=O)Nc1nnc(C2CCNCC2)s1. The van der Waals surface area contributed by atoms with Crippen molar-refractivity contribution < 1.29 is 8.42 Å². The van der Waals surface area contributed by atoms with Crippen molar-refractivity contribution in [2.24, 2.45) is 0 Å². The van der Waals surface area contributed by atoms with Crippen molar-refractivity contribution in [1.82, 2.24) is 15.5 Å². The number of aromatic nitrogens is 2. The molecule has 0 unspecified atom stereocenters. The van der Waals surface area contributed by atoms with Gasteiger partial charge in [-0.2, -0.15) is 0 Å². The van der Waals surface area contributed by atoms with Gasteiger partial charge in [-0.15, -0.1) is 10.2 Å². The van der Waals surface area contributed by atoms with E-state index in [2.05, 4.69) is 20.2 Å². The minimum Gasteiger partial charge on any atom is -0.317 e. The van der Waals surface area contributed by atoms with E-state index in [1.54, 1.807) is 0 Å². The van der Waals surface area contributed by atoms with Crippen LogP contribution in [-0.2, 0) is 10.0 Å². The molecule has 16 heavy (non-hydrogen) atoms. The molecule has 0 saturated carbocycles. The van der Waals surface area contributed by atoms with Crippen LogP contribution in [0.4, 0.5) is 5.13 Å². The van der Waals surface area contributed by atoms with Gasteiger partial charge in [0.25, 0.3) is 0 Å². The molecule has 1 saturated heterocycles. The summed E-state index contributed by atoms with van der Waals surface area (Å²) in [6, 6.07) is 0. The van der Waals surface area contributed by atoms with Crippen LogP contribution in [0.2, 0.25) is 0 Å². The quantitative estimate of drug-likeness (QED) is 0.822. The summed E-state index contributed by atoms with van der Waals surface area (Å²) in [4.78, 5) is 0. The van der Waals surface area contributed by atoms with E-state index in [1.807, 2.05) is 0 Å². The van der Waals surface area contributed by atoms with Gasteiger partial charge in [-0.05, 0) is 25.9 Å². The van der Waals surface area contributed by atoms with E-state index in [0.717, 1.165) is 37.2 Å². The Hall–Kier alpha value is -0.730. The Morgan fingerprint density at radius 3 is 2.69 bits per heavy atom. The number of rotatable bonds is 3. The van der Waals surface area contributed by atoms with E-state index < -0.39 is 10.0 Å². The first-order chi connectivity index (χ1) is 7.54. The molecule has 0 bridgehead atoms. The molecule has 6 nitrogen and oxygen atoms in total. The van der Waals surface area contributed by atoms with Gasteiger partial charge in [-0.3, -0.25) is 4.72 Å². The second-order valence-electron chi connectivity index (χ2n) is 3.84. The molecule has 1 fully saturated rings. The third kappa shape index (κ3) is 3.13. The number of nitrogens with one attached hydrogen (secondary N) is 2. The minimum absolute atomic E-state index is 0.357. The van der Waals surface area contributed by atoms with Crippen molar-refractivity contribution >= 4 is 26.5 Å². The van der Waals surface area contributed by atoms with E-state index in [-0.39, 0.29) is 0 Å². The maximum absolute atomic E-state index is 11.0. The highest BCUT2D eigenvalue weighted by atomic mass is 32.2. The van der Waals surface area contributed by atoms with Crippen LogP contribution >= 0.6 is 11.3 Å². The van der Waals surface area contributed by atoms with Crippen molar-refractivity contribution in [2.75, 3.05) is 24.1 Å². The van der Waals surface area contributed by atoms with Gasteiger partial charge in [0.15, 0.2) is 0 Å². The predicted octanol–water partition coefficient (Wildman–Crippen LogP) is 0.377. The largest absolute Gasteiger partial charge is 0.317 e. The van der Waals surface area contributed by atoms with Crippen LogP contribution in [0.3, 0.4) is 0 Å². The zero-order valence-corrected chi connectivity index (χ0v) is 10.6. The van der Waals surface area contributed by atoms with E-state index in [0.29, 0.717) is 11.0 Å². The third-order valence-electron chi connectivity index (χ3n) is 2.40. The zero-order valence-electron chi connectivity index (χ0n) is 8.93. The molecule has 1 aliphatic heterocycles. The molecule has 0 aromatic carbocycles. The van der Waals surface area contributed by atoms with Crippen LogP contribution in [0.25, 0.3) is 0 Å². The van der Waals surface area contributed by atoms with Gasteiger partial charge in [0.05, 0.1) is 6.26 Å². The summed E-state index contributed by atoms with van der Waals surface area (Å²) in [6.07, 6.45) is 3.18. The fourth-order valence-corrected chi connectivity index (χ4v) is 3.41. The lowest BCUT2D eigenvalue weighted by atomic mass is 9.99. The van der Waals surface area contributed by atoms with Gasteiger partial charge in [0.2, 0.25) is 15.2 Å². The topological polar surface area (TPSA) is 84.0 Å². The van der Waals surface area contributed by atoms with Gasteiger partial charge in [0.1, 0.15) is 5.01 Å². The minimum atomic E-state index is -3.25. The monoisotopic (exact) mass is 262 g/mol. The Labute approximate surface area is 98.5 Å². The second kappa shape index (κ2) is 4.64. The van der Waals surface area contributed by atoms with Gasteiger partial charge < -0.3 is 5.32 Å². The first-order valence-electron chi connectivity index (χ1n) is 5.06. The Morgan fingerprint density at radius 2 is 2.06 bits per heavy atom. The summed E-state index contributed by atoms with van der Waals surface area (Å²) < 4.78 is 24.4. The Bertz CT molecular complexity index is 450. The number of anilines is 1. The normalized spacial score (nSPS) is 18.6. The molecule has 0 aliphatic carbocycles. The van der Waals surface area contributed by atoms with Crippen molar-refractivity contribution in [3.63, 3.8) is 0 Å². The molecule has 1 aromatic rings. The standard InChI is InChI=1S/C8H14N4O2S2/c1-16(13,14)12-8-11-10-7(15-8)6-2-4-9-5-3-6/h6,9H,2-5H2,1H3,(H,11,12). The molecule has 90 valence electrons. The molecule has 8 heteroatoms. The zero-order chi connectivity index (χ0) is 11.6. The summed E-state index contributed by atoms with van der Waals surface area (Å²) >= 11 is 1.33. The third-order valence-corrected chi connectivity index (χ3v) is 4.10. The van der Waals surface area contributed by atoms with Crippen molar-refractivity contribution in [3.8, 4) is 0 Å². The molecular weight excluding hydrogens is 248 g/mol. The molecule has 1 aliphatic rings. The van der Waals surface area contributed by atoms with Crippen LogP contribution in [0.5, 0.6) is 0 Å². The average molecular weight is 262 g/mol. The van der Waals surface area contributed by atoms with E-state index in [4.69, 9.17) is 0 Å². The molecule has 2 rings (SSSR count). The lowest BCUT2D eigenvalue weighted by molar-refractivity contribution is 0.457. The molecule has 0 atom stereocenters. The fourth-order valence-electron chi connectivity index (χ4n) is 1.67. The molecule has 1 aromatic heterocycles. The van der Waals surface area contributed by atoms with Crippen LogP contribution in [-0.4, -0.2) is 38.0 Å².